The maximum absolute atomic E-state index is 13.1. The van der Waals surface area contributed by atoms with E-state index in [-0.39, 0.29) is 11.8 Å². The molecule has 1 aromatic heterocycles. The van der Waals surface area contributed by atoms with Crippen LogP contribution >= 0.6 is 0 Å². The number of carbonyl (C=O) groups excluding carboxylic acids is 2. The number of hydrogen-bond acceptors (Lipinski definition) is 3. The summed E-state index contributed by atoms with van der Waals surface area (Å²) >= 11 is 0. The number of para-hydroxylation sites is 1. The number of nitrogens with zero attached hydrogens (tertiary/aromatic N) is 2. The highest BCUT2D eigenvalue weighted by Crippen LogP contribution is 2.20. The van der Waals surface area contributed by atoms with E-state index in [1.807, 2.05) is 35.4 Å². The Morgan fingerprint density at radius 3 is 2.52 bits per heavy atom. The third kappa shape index (κ3) is 4.89. The molecule has 1 aromatic carbocycles. The Hall–Kier alpha value is -2.34. The van der Waals surface area contributed by atoms with Gasteiger partial charge in [-0.1, -0.05) is 32.0 Å². The lowest BCUT2D eigenvalue weighted by Gasteiger charge is -2.37. The monoisotopic (exact) mass is 370 g/mol. The summed E-state index contributed by atoms with van der Waals surface area (Å²) in [7, 11) is 0. The molecule has 1 atom stereocenters. The lowest BCUT2D eigenvalue weighted by Crippen LogP contribution is -2.55. The molecule has 0 saturated carbocycles. The maximum atomic E-state index is 13.1. The van der Waals surface area contributed by atoms with Crippen molar-refractivity contribution in [2.75, 3.05) is 32.7 Å². The molecule has 2 amide bonds. The Bertz CT molecular complexity index is 790. The summed E-state index contributed by atoms with van der Waals surface area (Å²) in [4.78, 5) is 32.4. The highest BCUT2D eigenvalue weighted by Gasteiger charge is 2.29. The normalized spacial score (nSPS) is 16.7. The van der Waals surface area contributed by atoms with Crippen molar-refractivity contribution < 1.29 is 9.59 Å². The molecule has 1 saturated heterocycles. The van der Waals surface area contributed by atoms with Gasteiger partial charge in [-0.2, -0.15) is 0 Å². The van der Waals surface area contributed by atoms with E-state index < -0.39 is 6.04 Å². The zero-order valence-electron chi connectivity index (χ0n) is 16.5. The molecular formula is C21H30N4O2. The van der Waals surface area contributed by atoms with Crippen LogP contribution in [-0.4, -0.2) is 65.4 Å². The first kappa shape index (κ1) is 19.4. The largest absolute Gasteiger partial charge is 0.361 e. The van der Waals surface area contributed by atoms with Crippen LogP contribution in [0.1, 0.15) is 26.3 Å². The summed E-state index contributed by atoms with van der Waals surface area (Å²) in [6.07, 6.45) is 2.43. The molecule has 2 aromatic rings. The number of aromatic nitrogens is 1. The van der Waals surface area contributed by atoms with Crippen molar-refractivity contribution in [3.8, 4) is 0 Å². The van der Waals surface area contributed by atoms with Crippen molar-refractivity contribution in [3.05, 3.63) is 36.0 Å². The summed E-state index contributed by atoms with van der Waals surface area (Å²) in [5.41, 5.74) is 2.10. The molecule has 1 aliphatic rings. The SMILES string of the molecule is CC(=O)NC(Cc1c[nH]c2ccccc12)C(=O)N1CCN(CC(C)C)CC1. The van der Waals surface area contributed by atoms with E-state index in [0.717, 1.165) is 49.2 Å². The van der Waals surface area contributed by atoms with Gasteiger partial charge in [0.15, 0.2) is 0 Å². The fourth-order valence-electron chi connectivity index (χ4n) is 3.85. The summed E-state index contributed by atoms with van der Waals surface area (Å²) in [5.74, 6) is 0.465. The Kier molecular flexibility index (Phi) is 6.16. The predicted octanol–water partition coefficient (Wildman–Crippen LogP) is 2.02. The second-order valence-electron chi connectivity index (χ2n) is 7.84. The van der Waals surface area contributed by atoms with Gasteiger partial charge in [0.25, 0.3) is 0 Å². The van der Waals surface area contributed by atoms with Crippen molar-refractivity contribution in [3.63, 3.8) is 0 Å². The van der Waals surface area contributed by atoms with Crippen molar-refractivity contribution in [1.29, 1.82) is 0 Å². The number of amides is 2. The van der Waals surface area contributed by atoms with Gasteiger partial charge in [-0.15, -0.1) is 0 Å². The van der Waals surface area contributed by atoms with Gasteiger partial charge >= 0.3 is 0 Å². The molecule has 146 valence electrons. The van der Waals surface area contributed by atoms with Crippen molar-refractivity contribution in [2.24, 2.45) is 5.92 Å². The quantitative estimate of drug-likeness (QED) is 0.817. The number of hydrogen-bond donors (Lipinski definition) is 2. The van der Waals surface area contributed by atoms with E-state index in [1.54, 1.807) is 0 Å². The molecule has 0 aliphatic carbocycles. The summed E-state index contributed by atoms with van der Waals surface area (Å²) in [6.45, 7) is 10.2. The number of carbonyl (C=O) groups is 2. The molecule has 1 aliphatic heterocycles. The second-order valence-corrected chi connectivity index (χ2v) is 7.84. The standard InChI is InChI=1S/C21H30N4O2/c1-15(2)14-24-8-10-25(11-9-24)21(27)20(23-16(3)26)12-17-13-22-19-7-5-4-6-18(17)19/h4-7,13,15,20,22H,8-12,14H2,1-3H3,(H,23,26). The molecule has 1 fully saturated rings. The zero-order valence-corrected chi connectivity index (χ0v) is 16.5. The molecule has 3 rings (SSSR count). The number of H-pyrrole nitrogens is 1. The van der Waals surface area contributed by atoms with E-state index in [2.05, 4.69) is 29.0 Å². The molecule has 6 nitrogen and oxygen atoms in total. The fraction of sp³-hybridized carbons (Fsp3) is 0.524. The van der Waals surface area contributed by atoms with Gasteiger partial charge in [-0.25, -0.2) is 0 Å². The van der Waals surface area contributed by atoms with Crippen LogP contribution in [0.4, 0.5) is 0 Å². The van der Waals surface area contributed by atoms with Crippen molar-refractivity contribution in [1.82, 2.24) is 20.1 Å². The lowest BCUT2D eigenvalue weighted by atomic mass is 10.0. The molecule has 0 spiro atoms. The van der Waals surface area contributed by atoms with Crippen LogP contribution in [0, 0.1) is 5.92 Å². The van der Waals surface area contributed by atoms with Crippen LogP contribution in [0.2, 0.25) is 0 Å². The number of fused-ring (bicyclic) bond motifs is 1. The minimum Gasteiger partial charge on any atom is -0.361 e. The Morgan fingerprint density at radius 2 is 1.85 bits per heavy atom. The van der Waals surface area contributed by atoms with E-state index in [9.17, 15) is 9.59 Å². The lowest BCUT2D eigenvalue weighted by molar-refractivity contribution is -0.137. The first-order chi connectivity index (χ1) is 12.9. The first-order valence-corrected chi connectivity index (χ1v) is 9.77. The van der Waals surface area contributed by atoms with E-state index >= 15 is 0 Å². The van der Waals surface area contributed by atoms with Gasteiger partial charge < -0.3 is 15.2 Å². The van der Waals surface area contributed by atoms with Gasteiger partial charge in [-0.05, 0) is 17.5 Å². The molecule has 27 heavy (non-hydrogen) atoms. The molecule has 0 bridgehead atoms. The van der Waals surface area contributed by atoms with Crippen molar-refractivity contribution in [2.45, 2.75) is 33.2 Å². The van der Waals surface area contributed by atoms with Gasteiger partial charge in [0.05, 0.1) is 0 Å². The summed E-state index contributed by atoms with van der Waals surface area (Å²) < 4.78 is 0. The van der Waals surface area contributed by atoms with Gasteiger partial charge in [0.2, 0.25) is 11.8 Å². The fourth-order valence-corrected chi connectivity index (χ4v) is 3.85. The number of rotatable bonds is 6. The van der Waals surface area contributed by atoms with E-state index in [4.69, 9.17) is 0 Å². The molecular weight excluding hydrogens is 340 g/mol. The van der Waals surface area contributed by atoms with E-state index in [0.29, 0.717) is 12.3 Å². The predicted molar refractivity (Wildman–Crippen MR) is 107 cm³/mol. The van der Waals surface area contributed by atoms with Gasteiger partial charge in [0.1, 0.15) is 6.04 Å². The molecule has 6 heteroatoms. The smallest absolute Gasteiger partial charge is 0.245 e. The van der Waals surface area contributed by atoms with Gasteiger partial charge in [-0.3, -0.25) is 14.5 Å². The number of benzene rings is 1. The summed E-state index contributed by atoms with van der Waals surface area (Å²) in [6, 6.07) is 7.50. The molecule has 2 heterocycles. The maximum Gasteiger partial charge on any atom is 0.245 e. The molecule has 0 radical (unpaired) electrons. The van der Waals surface area contributed by atoms with E-state index in [1.165, 1.54) is 6.92 Å². The average Bonchev–Trinajstić information content (AvgIpc) is 3.03. The zero-order chi connectivity index (χ0) is 19.4. The second kappa shape index (κ2) is 8.57. The number of nitrogens with one attached hydrogen (secondary N) is 2. The van der Waals surface area contributed by atoms with Crippen LogP contribution in [0.15, 0.2) is 30.5 Å². The topological polar surface area (TPSA) is 68.4 Å². The van der Waals surface area contributed by atoms with Crippen LogP contribution in [-0.2, 0) is 16.0 Å². The van der Waals surface area contributed by atoms with Crippen LogP contribution in [0.3, 0.4) is 0 Å². The first-order valence-electron chi connectivity index (χ1n) is 9.77. The highest BCUT2D eigenvalue weighted by atomic mass is 16.2. The molecule has 1 unspecified atom stereocenters. The minimum absolute atomic E-state index is 0.0136. The Morgan fingerprint density at radius 1 is 1.15 bits per heavy atom. The van der Waals surface area contributed by atoms with Crippen LogP contribution in [0.5, 0.6) is 0 Å². The third-order valence-corrected chi connectivity index (χ3v) is 5.08. The Balaban J connectivity index is 1.69. The highest BCUT2D eigenvalue weighted by molar-refractivity contribution is 5.89. The van der Waals surface area contributed by atoms with Crippen molar-refractivity contribution >= 4 is 22.7 Å². The third-order valence-electron chi connectivity index (χ3n) is 5.08. The number of piperazine rings is 1. The number of aromatic amines is 1. The van der Waals surface area contributed by atoms with Gasteiger partial charge in [0, 0.05) is 63.2 Å². The van der Waals surface area contributed by atoms with Crippen LogP contribution < -0.4 is 5.32 Å². The minimum atomic E-state index is -0.529. The Labute approximate surface area is 160 Å². The molecule has 2 N–H and O–H groups in total. The van der Waals surface area contributed by atoms with Crippen LogP contribution in [0.25, 0.3) is 10.9 Å². The average molecular weight is 370 g/mol. The summed E-state index contributed by atoms with van der Waals surface area (Å²) in [5, 5.41) is 3.97.